The molecule has 3 heterocycles. The van der Waals surface area contributed by atoms with Crippen LogP contribution in [0, 0.1) is 0 Å². The van der Waals surface area contributed by atoms with Crippen LogP contribution in [0.25, 0.3) is 10.9 Å². The highest BCUT2D eigenvalue weighted by Crippen LogP contribution is 2.42. The Morgan fingerprint density at radius 2 is 1.97 bits per heavy atom. The van der Waals surface area contributed by atoms with Gasteiger partial charge in [-0.25, -0.2) is 0 Å². The molecule has 2 aliphatic heterocycles. The topological polar surface area (TPSA) is 51.5 Å². The van der Waals surface area contributed by atoms with Crippen LogP contribution < -0.4 is 4.74 Å². The van der Waals surface area contributed by atoms with E-state index in [1.54, 1.807) is 18.2 Å². The van der Waals surface area contributed by atoms with Gasteiger partial charge in [-0.2, -0.15) is 0 Å². The number of carbonyl (C=O) groups is 2. The van der Waals surface area contributed by atoms with Crippen molar-refractivity contribution in [3.05, 3.63) is 63.8 Å². The van der Waals surface area contributed by atoms with Crippen molar-refractivity contribution in [3.63, 3.8) is 0 Å². The van der Waals surface area contributed by atoms with Crippen LogP contribution in [0.4, 0.5) is 0 Å². The molecular weight excluding hydrogens is 411 g/mol. The lowest BCUT2D eigenvalue weighted by molar-refractivity contribution is -0.136. The minimum absolute atomic E-state index is 0.0946. The third kappa shape index (κ3) is 3.00. The molecular formula is C22H18Cl2N2O3. The highest BCUT2D eigenvalue weighted by Gasteiger charge is 2.39. The summed E-state index contributed by atoms with van der Waals surface area (Å²) in [6.45, 7) is 0.498. The number of fused-ring (bicyclic) bond motifs is 3. The lowest BCUT2D eigenvalue weighted by Gasteiger charge is -2.39. The first-order valence-corrected chi connectivity index (χ1v) is 10.3. The molecule has 1 atom stereocenters. The van der Waals surface area contributed by atoms with Gasteiger partial charge in [0.15, 0.2) is 6.61 Å². The van der Waals surface area contributed by atoms with E-state index in [0.717, 1.165) is 23.0 Å². The Bertz CT molecular complexity index is 1150. The maximum atomic E-state index is 13.0. The molecule has 0 N–H and O–H groups in total. The maximum Gasteiger partial charge on any atom is 0.261 e. The zero-order valence-corrected chi connectivity index (χ0v) is 17.0. The fourth-order valence-electron chi connectivity index (χ4n) is 4.52. The monoisotopic (exact) mass is 428 g/mol. The molecule has 1 amide bonds. The van der Waals surface area contributed by atoms with Crippen LogP contribution in [-0.4, -0.2) is 34.4 Å². The summed E-state index contributed by atoms with van der Waals surface area (Å²) in [5.74, 6) is 0.407. The third-order valence-electron chi connectivity index (χ3n) is 5.76. The van der Waals surface area contributed by atoms with E-state index in [1.165, 1.54) is 5.56 Å². The number of rotatable bonds is 3. The maximum absolute atomic E-state index is 13.0. The lowest BCUT2D eigenvalue weighted by atomic mass is 9.92. The van der Waals surface area contributed by atoms with Crippen molar-refractivity contribution >= 4 is 45.9 Å². The molecule has 148 valence electrons. The van der Waals surface area contributed by atoms with Gasteiger partial charge in [0.05, 0.1) is 22.3 Å². The molecule has 0 fully saturated rings. The largest absolute Gasteiger partial charge is 0.482 e. The van der Waals surface area contributed by atoms with Gasteiger partial charge in [0, 0.05) is 23.4 Å². The van der Waals surface area contributed by atoms with Crippen LogP contribution in [0.1, 0.15) is 34.9 Å². The molecule has 7 heteroatoms. The average Bonchev–Trinajstić information content (AvgIpc) is 3.06. The minimum Gasteiger partial charge on any atom is -0.482 e. The van der Waals surface area contributed by atoms with Gasteiger partial charge < -0.3 is 9.64 Å². The number of hydrogen-bond donors (Lipinski definition) is 0. The van der Waals surface area contributed by atoms with Gasteiger partial charge in [-0.05, 0) is 42.7 Å². The predicted molar refractivity (Wildman–Crippen MR) is 112 cm³/mol. The number of benzene rings is 2. The summed E-state index contributed by atoms with van der Waals surface area (Å²) >= 11 is 12.0. The summed E-state index contributed by atoms with van der Waals surface area (Å²) in [5.41, 5.74) is 3.08. The van der Waals surface area contributed by atoms with E-state index in [4.69, 9.17) is 27.9 Å². The molecule has 0 bridgehead atoms. The molecule has 0 aliphatic carbocycles. The van der Waals surface area contributed by atoms with Crippen LogP contribution >= 0.6 is 23.2 Å². The normalized spacial score (nSPS) is 18.1. The Kier molecular flexibility index (Phi) is 4.52. The molecule has 0 radical (unpaired) electrons. The molecule has 5 rings (SSSR count). The molecule has 0 saturated heterocycles. The second-order valence-corrected chi connectivity index (χ2v) is 8.21. The number of amides is 1. The van der Waals surface area contributed by atoms with Crippen LogP contribution in [0.5, 0.6) is 5.75 Å². The van der Waals surface area contributed by atoms with Gasteiger partial charge in [-0.1, -0.05) is 41.4 Å². The SMILES string of the molecule is O=C(COc1ccc(Cl)cc1Cl)N1CCc2c3n(c4ccccc24)C(=O)CCC31. The van der Waals surface area contributed by atoms with Crippen molar-refractivity contribution in [1.82, 2.24) is 9.47 Å². The van der Waals surface area contributed by atoms with Gasteiger partial charge in [0.2, 0.25) is 5.91 Å². The molecule has 5 nitrogen and oxygen atoms in total. The van der Waals surface area contributed by atoms with Gasteiger partial charge in [-0.3, -0.25) is 14.2 Å². The fraction of sp³-hybridized carbons (Fsp3) is 0.273. The Hall–Kier alpha value is -2.50. The first-order chi connectivity index (χ1) is 14.0. The minimum atomic E-state index is -0.113. The van der Waals surface area contributed by atoms with Gasteiger partial charge in [-0.15, -0.1) is 0 Å². The van der Waals surface area contributed by atoms with Crippen molar-refractivity contribution in [2.75, 3.05) is 13.2 Å². The summed E-state index contributed by atoms with van der Waals surface area (Å²) < 4.78 is 7.48. The molecule has 1 unspecified atom stereocenters. The van der Waals surface area contributed by atoms with Crippen molar-refractivity contribution in [3.8, 4) is 5.75 Å². The number of para-hydroxylation sites is 1. The van der Waals surface area contributed by atoms with Crippen molar-refractivity contribution in [2.24, 2.45) is 0 Å². The molecule has 2 aromatic carbocycles. The number of carbonyl (C=O) groups excluding carboxylic acids is 2. The van der Waals surface area contributed by atoms with Crippen LogP contribution in [-0.2, 0) is 11.2 Å². The standard InChI is InChI=1S/C22H18Cl2N2O3/c23-13-5-7-19(16(24)11-13)29-12-21(28)25-10-9-15-14-3-1-2-4-17(14)26-20(27)8-6-18(25)22(15)26/h1-5,7,11,18H,6,8-10,12H2. The Morgan fingerprint density at radius 3 is 2.79 bits per heavy atom. The average molecular weight is 429 g/mol. The van der Waals surface area contributed by atoms with Crippen LogP contribution in [0.15, 0.2) is 42.5 Å². The molecule has 29 heavy (non-hydrogen) atoms. The number of ether oxygens (including phenoxy) is 1. The summed E-state index contributed by atoms with van der Waals surface area (Å²) in [7, 11) is 0. The van der Waals surface area contributed by atoms with Crippen molar-refractivity contribution < 1.29 is 14.3 Å². The van der Waals surface area contributed by atoms with Gasteiger partial charge >= 0.3 is 0 Å². The lowest BCUT2D eigenvalue weighted by Crippen LogP contribution is -2.45. The zero-order valence-electron chi connectivity index (χ0n) is 15.5. The number of nitrogens with zero attached hydrogens (tertiary/aromatic N) is 2. The van der Waals surface area contributed by atoms with E-state index < -0.39 is 0 Å². The second-order valence-electron chi connectivity index (χ2n) is 7.37. The van der Waals surface area contributed by atoms with Crippen LogP contribution in [0.3, 0.4) is 0 Å². The first-order valence-electron chi connectivity index (χ1n) is 9.57. The molecule has 2 aliphatic rings. The molecule has 1 aromatic heterocycles. The van der Waals surface area contributed by atoms with E-state index >= 15 is 0 Å². The quantitative estimate of drug-likeness (QED) is 0.596. The summed E-state index contributed by atoms with van der Waals surface area (Å²) in [6, 6.07) is 12.8. The van der Waals surface area contributed by atoms with E-state index in [2.05, 4.69) is 6.07 Å². The van der Waals surface area contributed by atoms with Gasteiger partial charge in [0.1, 0.15) is 5.75 Å². The molecule has 0 saturated carbocycles. The van der Waals surface area contributed by atoms with E-state index in [0.29, 0.717) is 35.2 Å². The van der Waals surface area contributed by atoms with Crippen LogP contribution in [0.2, 0.25) is 10.0 Å². The predicted octanol–water partition coefficient (Wildman–Crippen LogP) is 4.89. The number of halogens is 2. The highest BCUT2D eigenvalue weighted by molar-refractivity contribution is 6.35. The third-order valence-corrected chi connectivity index (χ3v) is 6.29. The summed E-state index contributed by atoms with van der Waals surface area (Å²) in [4.78, 5) is 27.5. The second kappa shape index (κ2) is 7.08. The van der Waals surface area contributed by atoms with E-state index in [-0.39, 0.29) is 24.5 Å². The molecule has 3 aromatic rings. The summed E-state index contributed by atoms with van der Waals surface area (Å²) in [5, 5.41) is 1.99. The Balaban J connectivity index is 1.44. The number of hydrogen-bond acceptors (Lipinski definition) is 3. The first kappa shape index (κ1) is 18.5. The smallest absolute Gasteiger partial charge is 0.261 e. The van der Waals surface area contributed by atoms with Crippen molar-refractivity contribution in [1.29, 1.82) is 0 Å². The summed E-state index contributed by atoms with van der Waals surface area (Å²) in [6.07, 6.45) is 1.78. The van der Waals surface area contributed by atoms with Crippen molar-refractivity contribution in [2.45, 2.75) is 25.3 Å². The zero-order chi connectivity index (χ0) is 20.1. The Labute approximate surface area is 177 Å². The fourth-order valence-corrected chi connectivity index (χ4v) is 4.98. The number of aromatic nitrogens is 1. The van der Waals surface area contributed by atoms with E-state index in [9.17, 15) is 9.59 Å². The van der Waals surface area contributed by atoms with Gasteiger partial charge in [0.25, 0.3) is 5.91 Å². The molecule has 0 spiro atoms. The highest BCUT2D eigenvalue weighted by atomic mass is 35.5. The van der Waals surface area contributed by atoms with E-state index in [1.807, 2.05) is 27.7 Å². The Morgan fingerprint density at radius 1 is 1.14 bits per heavy atom.